The number of nitrogen functional groups attached to an aromatic ring is 1. The molecule has 0 aromatic heterocycles. The maximum Gasteiger partial charge on any atom is 0.0314 e. The summed E-state index contributed by atoms with van der Waals surface area (Å²) in [4.78, 5) is 0. The van der Waals surface area contributed by atoms with E-state index in [9.17, 15) is 0 Å². The topological polar surface area (TPSA) is 38.0 Å². The van der Waals surface area contributed by atoms with Gasteiger partial charge in [0.15, 0.2) is 0 Å². The van der Waals surface area contributed by atoms with Crippen LogP contribution in [0.25, 0.3) is 0 Å². The van der Waals surface area contributed by atoms with E-state index in [0.717, 1.165) is 18.8 Å². The molecule has 0 atom stereocenters. The van der Waals surface area contributed by atoms with Crippen LogP contribution in [0.2, 0.25) is 0 Å². The number of anilines is 1. The highest BCUT2D eigenvalue weighted by atomic mass is 14.9. The van der Waals surface area contributed by atoms with Crippen LogP contribution in [0.15, 0.2) is 24.3 Å². The Kier molecular flexibility index (Phi) is 4.80. The molecule has 0 aliphatic heterocycles. The number of hydrogen-bond donors (Lipinski definition) is 2. The third-order valence-electron chi connectivity index (χ3n) is 3.82. The van der Waals surface area contributed by atoms with Gasteiger partial charge in [-0.05, 0) is 29.5 Å². The molecular formula is C16H28N2. The predicted molar refractivity (Wildman–Crippen MR) is 80.8 cm³/mol. The lowest BCUT2D eigenvalue weighted by Gasteiger charge is -2.29. The standard InChI is InChI=1S/C16H28N2/c1-6-15(2,3)11-18-12-16(4,5)13-7-9-14(17)10-8-13/h7-10,18H,6,11-12,17H2,1-5H3. The molecule has 3 N–H and O–H groups in total. The van der Waals surface area contributed by atoms with E-state index in [1.54, 1.807) is 0 Å². The molecule has 2 nitrogen and oxygen atoms in total. The van der Waals surface area contributed by atoms with Crippen LogP contribution in [0, 0.1) is 5.41 Å². The maximum absolute atomic E-state index is 5.73. The Balaban J connectivity index is 2.57. The van der Waals surface area contributed by atoms with Crippen molar-refractivity contribution >= 4 is 5.69 Å². The van der Waals surface area contributed by atoms with Gasteiger partial charge in [0, 0.05) is 24.2 Å². The molecule has 0 fully saturated rings. The highest BCUT2D eigenvalue weighted by Crippen LogP contribution is 2.24. The Morgan fingerprint density at radius 1 is 1.00 bits per heavy atom. The molecule has 0 amide bonds. The number of nitrogens with one attached hydrogen (secondary N) is 1. The Bertz CT molecular complexity index is 363. The first-order valence-corrected chi connectivity index (χ1v) is 6.83. The van der Waals surface area contributed by atoms with Crippen molar-refractivity contribution in [1.82, 2.24) is 5.32 Å². The summed E-state index contributed by atoms with van der Waals surface area (Å²) in [5, 5.41) is 3.60. The van der Waals surface area contributed by atoms with Gasteiger partial charge in [-0.25, -0.2) is 0 Å². The van der Waals surface area contributed by atoms with Gasteiger partial charge in [0.2, 0.25) is 0 Å². The zero-order chi connectivity index (χ0) is 13.8. The van der Waals surface area contributed by atoms with Gasteiger partial charge in [-0.1, -0.05) is 46.8 Å². The van der Waals surface area contributed by atoms with Crippen LogP contribution in [0.4, 0.5) is 5.69 Å². The van der Waals surface area contributed by atoms with E-state index in [0.29, 0.717) is 5.41 Å². The lowest BCUT2D eigenvalue weighted by atomic mass is 9.83. The molecule has 102 valence electrons. The largest absolute Gasteiger partial charge is 0.399 e. The average molecular weight is 248 g/mol. The first-order chi connectivity index (χ1) is 8.27. The second-order valence-corrected chi connectivity index (χ2v) is 6.63. The zero-order valence-corrected chi connectivity index (χ0v) is 12.5. The molecule has 1 aromatic rings. The normalized spacial score (nSPS) is 12.7. The number of rotatable bonds is 6. The number of benzene rings is 1. The van der Waals surface area contributed by atoms with Gasteiger partial charge in [0.1, 0.15) is 0 Å². The highest BCUT2D eigenvalue weighted by molar-refractivity contribution is 5.41. The molecule has 0 unspecified atom stereocenters. The van der Waals surface area contributed by atoms with Crippen molar-refractivity contribution < 1.29 is 0 Å². The van der Waals surface area contributed by atoms with Crippen LogP contribution in [0.1, 0.15) is 46.6 Å². The SMILES string of the molecule is CCC(C)(C)CNCC(C)(C)c1ccc(N)cc1. The molecular weight excluding hydrogens is 220 g/mol. The van der Waals surface area contributed by atoms with E-state index in [4.69, 9.17) is 5.73 Å². The minimum absolute atomic E-state index is 0.136. The van der Waals surface area contributed by atoms with E-state index >= 15 is 0 Å². The second kappa shape index (κ2) is 5.75. The summed E-state index contributed by atoms with van der Waals surface area (Å²) in [6.45, 7) is 13.4. The molecule has 18 heavy (non-hydrogen) atoms. The van der Waals surface area contributed by atoms with Crippen LogP contribution in [0.5, 0.6) is 0 Å². The lowest BCUT2D eigenvalue weighted by molar-refractivity contribution is 0.313. The molecule has 0 saturated heterocycles. The van der Waals surface area contributed by atoms with Crippen LogP contribution in [-0.4, -0.2) is 13.1 Å². The van der Waals surface area contributed by atoms with E-state index in [2.05, 4.69) is 52.1 Å². The van der Waals surface area contributed by atoms with Crippen molar-refractivity contribution in [3.8, 4) is 0 Å². The third kappa shape index (κ3) is 4.34. The Morgan fingerprint density at radius 3 is 2.06 bits per heavy atom. The van der Waals surface area contributed by atoms with E-state index in [1.807, 2.05) is 12.1 Å². The minimum atomic E-state index is 0.136. The van der Waals surface area contributed by atoms with Gasteiger partial charge >= 0.3 is 0 Å². The van der Waals surface area contributed by atoms with Crippen LogP contribution in [-0.2, 0) is 5.41 Å². The van der Waals surface area contributed by atoms with E-state index in [1.165, 1.54) is 12.0 Å². The summed E-state index contributed by atoms with van der Waals surface area (Å²) in [6.07, 6.45) is 1.20. The van der Waals surface area contributed by atoms with Gasteiger partial charge in [0.05, 0.1) is 0 Å². The van der Waals surface area contributed by atoms with Gasteiger partial charge in [-0.15, -0.1) is 0 Å². The monoisotopic (exact) mass is 248 g/mol. The predicted octanol–water partition coefficient (Wildman–Crippen LogP) is 3.57. The summed E-state index contributed by atoms with van der Waals surface area (Å²) >= 11 is 0. The average Bonchev–Trinajstić information content (AvgIpc) is 2.29. The van der Waals surface area contributed by atoms with Gasteiger partial charge in [-0.3, -0.25) is 0 Å². The van der Waals surface area contributed by atoms with E-state index in [-0.39, 0.29) is 5.41 Å². The summed E-state index contributed by atoms with van der Waals surface area (Å²) in [7, 11) is 0. The molecule has 0 heterocycles. The molecule has 0 saturated carbocycles. The Hall–Kier alpha value is -1.02. The zero-order valence-electron chi connectivity index (χ0n) is 12.5. The van der Waals surface area contributed by atoms with Gasteiger partial charge < -0.3 is 11.1 Å². The van der Waals surface area contributed by atoms with Crippen LogP contribution in [0.3, 0.4) is 0 Å². The summed E-state index contributed by atoms with van der Waals surface area (Å²) in [5.41, 5.74) is 8.40. The van der Waals surface area contributed by atoms with Crippen LogP contribution < -0.4 is 11.1 Å². The molecule has 2 heteroatoms. The number of hydrogen-bond acceptors (Lipinski definition) is 2. The van der Waals surface area contributed by atoms with Crippen molar-refractivity contribution in [2.45, 2.75) is 46.5 Å². The smallest absolute Gasteiger partial charge is 0.0314 e. The first-order valence-electron chi connectivity index (χ1n) is 6.83. The molecule has 0 bridgehead atoms. The van der Waals surface area contributed by atoms with Crippen molar-refractivity contribution in [3.05, 3.63) is 29.8 Å². The van der Waals surface area contributed by atoms with E-state index < -0.39 is 0 Å². The van der Waals surface area contributed by atoms with Crippen LogP contribution >= 0.6 is 0 Å². The summed E-state index contributed by atoms with van der Waals surface area (Å²) in [5.74, 6) is 0. The molecule has 1 rings (SSSR count). The Labute approximate surface area is 112 Å². The van der Waals surface area contributed by atoms with Gasteiger partial charge in [0.25, 0.3) is 0 Å². The quantitative estimate of drug-likeness (QED) is 0.755. The fourth-order valence-corrected chi connectivity index (χ4v) is 1.87. The summed E-state index contributed by atoms with van der Waals surface area (Å²) < 4.78 is 0. The number of nitrogens with two attached hydrogens (primary N) is 1. The van der Waals surface area contributed by atoms with Crippen molar-refractivity contribution in [2.24, 2.45) is 5.41 Å². The van der Waals surface area contributed by atoms with Crippen molar-refractivity contribution in [2.75, 3.05) is 18.8 Å². The fraction of sp³-hybridized carbons (Fsp3) is 0.625. The Morgan fingerprint density at radius 2 is 1.56 bits per heavy atom. The molecule has 0 aliphatic rings. The summed E-state index contributed by atoms with van der Waals surface area (Å²) in [6, 6.07) is 8.21. The van der Waals surface area contributed by atoms with Crippen molar-refractivity contribution in [1.29, 1.82) is 0 Å². The van der Waals surface area contributed by atoms with Crippen molar-refractivity contribution in [3.63, 3.8) is 0 Å². The molecule has 1 aromatic carbocycles. The minimum Gasteiger partial charge on any atom is -0.399 e. The second-order valence-electron chi connectivity index (χ2n) is 6.63. The lowest BCUT2D eigenvalue weighted by Crippen LogP contribution is -2.38. The maximum atomic E-state index is 5.73. The fourth-order valence-electron chi connectivity index (χ4n) is 1.87. The molecule has 0 aliphatic carbocycles. The molecule has 0 spiro atoms. The van der Waals surface area contributed by atoms with Gasteiger partial charge in [-0.2, -0.15) is 0 Å². The third-order valence-corrected chi connectivity index (χ3v) is 3.82. The first kappa shape index (κ1) is 15.0. The molecule has 0 radical (unpaired) electrons. The highest BCUT2D eigenvalue weighted by Gasteiger charge is 2.22.